The SMILES string of the molecule is CCCCCCCCC=CCCCCCCCCN(CCC)CCCCCCCCC=CCCCCCCCC. The van der Waals surface area contributed by atoms with Gasteiger partial charge in [0.05, 0.1) is 0 Å². The minimum Gasteiger partial charge on any atom is -0.303 e. The van der Waals surface area contributed by atoms with Gasteiger partial charge in [-0.2, -0.15) is 0 Å². The molecule has 0 unspecified atom stereocenters. The largest absolute Gasteiger partial charge is 0.303 e. The quantitative estimate of drug-likeness (QED) is 0.0559. The van der Waals surface area contributed by atoms with Crippen LogP contribution in [0.3, 0.4) is 0 Å². The average molecular weight is 560 g/mol. The van der Waals surface area contributed by atoms with Crippen molar-refractivity contribution in [2.45, 2.75) is 207 Å². The predicted molar refractivity (Wildman–Crippen MR) is 186 cm³/mol. The van der Waals surface area contributed by atoms with Crippen LogP contribution in [0.15, 0.2) is 24.3 Å². The molecule has 40 heavy (non-hydrogen) atoms. The minimum absolute atomic E-state index is 1.30. The second-order valence-electron chi connectivity index (χ2n) is 12.7. The molecule has 0 N–H and O–H groups in total. The van der Waals surface area contributed by atoms with Crippen LogP contribution in [0.1, 0.15) is 207 Å². The predicted octanol–water partition coefficient (Wildman–Crippen LogP) is 13.8. The molecule has 0 aromatic carbocycles. The second-order valence-corrected chi connectivity index (χ2v) is 12.7. The zero-order chi connectivity index (χ0) is 29.0. The Hall–Kier alpha value is -0.560. The number of unbranched alkanes of at least 4 members (excludes halogenated alkanes) is 24. The van der Waals surface area contributed by atoms with E-state index >= 15 is 0 Å². The molecule has 0 saturated heterocycles. The van der Waals surface area contributed by atoms with Crippen molar-refractivity contribution in [2.75, 3.05) is 19.6 Å². The summed E-state index contributed by atoms with van der Waals surface area (Å²) in [7, 11) is 0. The van der Waals surface area contributed by atoms with Crippen molar-refractivity contribution < 1.29 is 0 Å². The number of hydrogen-bond acceptors (Lipinski definition) is 1. The van der Waals surface area contributed by atoms with Gasteiger partial charge in [-0.3, -0.25) is 0 Å². The van der Waals surface area contributed by atoms with Crippen molar-refractivity contribution in [1.29, 1.82) is 0 Å². The highest BCUT2D eigenvalue weighted by Crippen LogP contribution is 2.13. The first kappa shape index (κ1) is 39.4. The summed E-state index contributed by atoms with van der Waals surface area (Å²) in [5.41, 5.74) is 0. The third-order valence-electron chi connectivity index (χ3n) is 8.51. The van der Waals surface area contributed by atoms with Crippen molar-refractivity contribution in [1.82, 2.24) is 4.90 Å². The fourth-order valence-electron chi connectivity index (χ4n) is 5.82. The van der Waals surface area contributed by atoms with E-state index in [9.17, 15) is 0 Å². The third-order valence-corrected chi connectivity index (χ3v) is 8.51. The Labute approximate surface area is 255 Å². The van der Waals surface area contributed by atoms with Crippen molar-refractivity contribution in [2.24, 2.45) is 0 Å². The Morgan fingerprint density at radius 3 is 0.850 bits per heavy atom. The van der Waals surface area contributed by atoms with E-state index in [2.05, 4.69) is 50.0 Å². The maximum absolute atomic E-state index is 2.75. The van der Waals surface area contributed by atoms with Gasteiger partial charge in [-0.15, -0.1) is 0 Å². The maximum Gasteiger partial charge on any atom is -0.00187 e. The highest BCUT2D eigenvalue weighted by Gasteiger charge is 2.03. The van der Waals surface area contributed by atoms with Crippen molar-refractivity contribution in [3.63, 3.8) is 0 Å². The lowest BCUT2D eigenvalue weighted by atomic mass is 10.1. The summed E-state index contributed by atoms with van der Waals surface area (Å²) >= 11 is 0. The molecule has 0 bridgehead atoms. The van der Waals surface area contributed by atoms with Gasteiger partial charge in [0.2, 0.25) is 0 Å². The van der Waals surface area contributed by atoms with Gasteiger partial charge in [-0.25, -0.2) is 0 Å². The smallest absolute Gasteiger partial charge is 0.00187 e. The van der Waals surface area contributed by atoms with E-state index in [1.165, 1.54) is 206 Å². The highest BCUT2D eigenvalue weighted by molar-refractivity contribution is 4.82. The molecule has 0 rings (SSSR count). The van der Waals surface area contributed by atoms with Gasteiger partial charge in [-0.05, 0) is 90.3 Å². The zero-order valence-corrected chi connectivity index (χ0v) is 28.4. The molecular formula is C39H77N. The van der Waals surface area contributed by atoms with Crippen LogP contribution in [0.25, 0.3) is 0 Å². The van der Waals surface area contributed by atoms with Gasteiger partial charge in [0.15, 0.2) is 0 Å². The summed E-state index contributed by atoms with van der Waals surface area (Å²) in [6, 6.07) is 0. The molecule has 0 amide bonds. The first-order valence-corrected chi connectivity index (χ1v) is 18.9. The Morgan fingerprint density at radius 1 is 0.275 bits per heavy atom. The molecule has 0 aromatic heterocycles. The summed E-state index contributed by atoms with van der Waals surface area (Å²) in [6.45, 7) is 10.9. The third kappa shape index (κ3) is 33.6. The van der Waals surface area contributed by atoms with E-state index in [0.717, 1.165) is 0 Å². The van der Waals surface area contributed by atoms with Crippen LogP contribution < -0.4 is 0 Å². The van der Waals surface area contributed by atoms with Crippen LogP contribution in [-0.4, -0.2) is 24.5 Å². The van der Waals surface area contributed by atoms with E-state index in [1.54, 1.807) is 0 Å². The van der Waals surface area contributed by atoms with E-state index in [1.807, 2.05) is 0 Å². The minimum atomic E-state index is 1.30. The second kappa shape index (κ2) is 36.5. The van der Waals surface area contributed by atoms with Crippen molar-refractivity contribution >= 4 is 0 Å². The average Bonchev–Trinajstić information content (AvgIpc) is 2.96. The number of hydrogen-bond donors (Lipinski definition) is 0. The van der Waals surface area contributed by atoms with Gasteiger partial charge in [-0.1, -0.05) is 161 Å². The fourth-order valence-corrected chi connectivity index (χ4v) is 5.82. The van der Waals surface area contributed by atoms with Gasteiger partial charge < -0.3 is 4.90 Å². The van der Waals surface area contributed by atoms with Crippen LogP contribution in [0.4, 0.5) is 0 Å². The summed E-state index contributed by atoms with van der Waals surface area (Å²) in [5.74, 6) is 0. The van der Waals surface area contributed by atoms with Crippen LogP contribution in [-0.2, 0) is 0 Å². The first-order chi connectivity index (χ1) is 19.8. The first-order valence-electron chi connectivity index (χ1n) is 18.9. The molecule has 0 aliphatic rings. The Kier molecular flexibility index (Phi) is 36.0. The maximum atomic E-state index is 2.75. The zero-order valence-electron chi connectivity index (χ0n) is 28.4. The van der Waals surface area contributed by atoms with Gasteiger partial charge in [0, 0.05) is 0 Å². The lowest BCUT2D eigenvalue weighted by molar-refractivity contribution is 0.260. The summed E-state index contributed by atoms with van der Waals surface area (Å²) in [4.78, 5) is 2.75. The molecule has 0 atom stereocenters. The molecule has 0 aliphatic heterocycles. The normalized spacial score (nSPS) is 12.1. The standard InChI is InChI=1S/C39H77N/c1-4-7-9-11-13-15-17-19-21-23-25-27-29-31-33-35-38-40(37-6-3)39-36-34-32-30-28-26-24-22-20-18-16-14-12-10-8-5-2/h19-22H,4-18,23-39H2,1-3H3. The van der Waals surface area contributed by atoms with E-state index in [-0.39, 0.29) is 0 Å². The molecule has 238 valence electrons. The molecule has 0 spiro atoms. The van der Waals surface area contributed by atoms with Gasteiger partial charge in [0.1, 0.15) is 0 Å². The van der Waals surface area contributed by atoms with E-state index < -0.39 is 0 Å². The van der Waals surface area contributed by atoms with Gasteiger partial charge in [0.25, 0.3) is 0 Å². The molecule has 1 heteroatoms. The topological polar surface area (TPSA) is 3.24 Å². The fraction of sp³-hybridized carbons (Fsp3) is 0.897. The van der Waals surface area contributed by atoms with E-state index in [4.69, 9.17) is 0 Å². The van der Waals surface area contributed by atoms with Crippen LogP contribution in [0, 0.1) is 0 Å². The molecule has 0 aromatic rings. The monoisotopic (exact) mass is 560 g/mol. The number of nitrogens with zero attached hydrogens (tertiary/aromatic N) is 1. The van der Waals surface area contributed by atoms with Crippen LogP contribution in [0.5, 0.6) is 0 Å². The molecule has 0 saturated carbocycles. The lowest BCUT2D eigenvalue weighted by Crippen LogP contribution is -2.27. The highest BCUT2D eigenvalue weighted by atomic mass is 15.1. The Morgan fingerprint density at radius 2 is 0.550 bits per heavy atom. The Bertz CT molecular complexity index is 451. The molecule has 0 aliphatic carbocycles. The molecule has 1 nitrogen and oxygen atoms in total. The molecule has 0 radical (unpaired) electrons. The lowest BCUT2D eigenvalue weighted by Gasteiger charge is -2.21. The molecule has 0 fully saturated rings. The van der Waals surface area contributed by atoms with Crippen LogP contribution in [0.2, 0.25) is 0 Å². The van der Waals surface area contributed by atoms with Gasteiger partial charge >= 0.3 is 0 Å². The van der Waals surface area contributed by atoms with E-state index in [0.29, 0.717) is 0 Å². The summed E-state index contributed by atoms with van der Waals surface area (Å²) in [5, 5.41) is 0. The van der Waals surface area contributed by atoms with Crippen molar-refractivity contribution in [3.8, 4) is 0 Å². The number of allylic oxidation sites excluding steroid dienone is 4. The molecular weight excluding hydrogens is 482 g/mol. The molecule has 0 heterocycles. The number of rotatable bonds is 34. The summed E-state index contributed by atoms with van der Waals surface area (Å²) in [6.07, 6.45) is 50.3. The van der Waals surface area contributed by atoms with Crippen LogP contribution >= 0.6 is 0 Å². The Balaban J connectivity index is 3.44. The summed E-state index contributed by atoms with van der Waals surface area (Å²) < 4.78 is 0. The van der Waals surface area contributed by atoms with Crippen molar-refractivity contribution in [3.05, 3.63) is 24.3 Å².